The molecule has 0 bridgehead atoms. The number of phosphoric acid groups is 1. The van der Waals surface area contributed by atoms with E-state index in [1.165, 1.54) is 25.7 Å². The Balaban J connectivity index is 3.78. The number of phosphoric ester groups is 1. The lowest BCUT2D eigenvalue weighted by atomic mass is 10.1. The molecule has 0 aliphatic heterocycles. The molecule has 0 saturated heterocycles. The van der Waals surface area contributed by atoms with Crippen LogP contribution in [0.1, 0.15) is 155 Å². The number of aliphatic hydroxyl groups excluding tert-OH is 1. The number of hydrogen-bond donors (Lipinski definition) is 3. The summed E-state index contributed by atoms with van der Waals surface area (Å²) >= 11 is 0. The first-order valence-electron chi connectivity index (χ1n) is 23.7. The van der Waals surface area contributed by atoms with Crippen LogP contribution in [-0.4, -0.2) is 54.3 Å². The van der Waals surface area contributed by atoms with E-state index in [0.29, 0.717) is 12.8 Å². The van der Waals surface area contributed by atoms with Crippen LogP contribution in [0.3, 0.4) is 0 Å². The van der Waals surface area contributed by atoms with Crippen LogP contribution in [0.25, 0.3) is 0 Å². The molecule has 354 valence electrons. The van der Waals surface area contributed by atoms with Crippen LogP contribution in [0.4, 0.5) is 0 Å². The normalized spacial score (nSPS) is 14.4. The quantitative estimate of drug-likeness (QED) is 0.0239. The Labute approximate surface area is 382 Å². The smallest absolute Gasteiger partial charge is 0.463 e. The molecular formula is C53H84NO8P. The number of allylic oxidation sites excluding steroid dienone is 21. The minimum atomic E-state index is -4.46. The third-order valence-corrected chi connectivity index (χ3v) is 10.1. The molecule has 0 aliphatic carbocycles. The molecule has 0 radical (unpaired) electrons. The topological polar surface area (TPSA) is 131 Å². The van der Waals surface area contributed by atoms with Gasteiger partial charge in [-0.3, -0.25) is 18.6 Å². The van der Waals surface area contributed by atoms with Crippen molar-refractivity contribution in [1.29, 1.82) is 0 Å². The van der Waals surface area contributed by atoms with Gasteiger partial charge in [-0.15, -0.1) is 0 Å². The van der Waals surface area contributed by atoms with Crippen molar-refractivity contribution in [3.63, 3.8) is 0 Å². The molecule has 0 aliphatic rings. The van der Waals surface area contributed by atoms with Gasteiger partial charge < -0.3 is 20.1 Å². The average Bonchev–Trinajstić information content (AvgIpc) is 3.27. The molecule has 0 rings (SSSR count). The second-order valence-corrected chi connectivity index (χ2v) is 16.5. The molecule has 63 heavy (non-hydrogen) atoms. The summed E-state index contributed by atoms with van der Waals surface area (Å²) in [7, 11) is -4.46. The zero-order chi connectivity index (χ0) is 46.0. The van der Waals surface area contributed by atoms with Crippen molar-refractivity contribution < 1.29 is 37.9 Å². The monoisotopic (exact) mass is 894 g/mol. The highest BCUT2D eigenvalue weighted by molar-refractivity contribution is 7.47. The molecular weight excluding hydrogens is 810 g/mol. The molecule has 0 aromatic rings. The summed E-state index contributed by atoms with van der Waals surface area (Å²) in [5.41, 5.74) is 0. The first-order chi connectivity index (χ1) is 30.8. The van der Waals surface area contributed by atoms with Crippen molar-refractivity contribution in [2.45, 2.75) is 161 Å². The van der Waals surface area contributed by atoms with E-state index in [1.807, 2.05) is 12.2 Å². The molecule has 0 heterocycles. The lowest BCUT2D eigenvalue weighted by molar-refractivity contribution is -0.147. The number of ether oxygens (including phenoxy) is 1. The third-order valence-electron chi connectivity index (χ3n) is 9.09. The van der Waals surface area contributed by atoms with E-state index in [-0.39, 0.29) is 38.5 Å². The highest BCUT2D eigenvalue weighted by atomic mass is 31.2. The fourth-order valence-corrected chi connectivity index (χ4v) is 6.31. The van der Waals surface area contributed by atoms with Gasteiger partial charge in [0, 0.05) is 19.4 Å². The Morgan fingerprint density at radius 2 is 0.937 bits per heavy atom. The summed E-state index contributed by atoms with van der Waals surface area (Å²) in [4.78, 5) is 33.9. The predicted octanol–water partition coefficient (Wildman–Crippen LogP) is 13.9. The third kappa shape index (κ3) is 49.0. The molecule has 0 aromatic carbocycles. The van der Waals surface area contributed by atoms with Crippen LogP contribution in [-0.2, 0) is 27.9 Å². The van der Waals surface area contributed by atoms with E-state index in [1.54, 1.807) is 6.08 Å². The van der Waals surface area contributed by atoms with Crippen LogP contribution >= 0.6 is 7.82 Å². The van der Waals surface area contributed by atoms with Crippen LogP contribution in [0.5, 0.6) is 0 Å². The van der Waals surface area contributed by atoms with Crippen molar-refractivity contribution in [1.82, 2.24) is 5.32 Å². The van der Waals surface area contributed by atoms with Crippen LogP contribution in [0.15, 0.2) is 134 Å². The van der Waals surface area contributed by atoms with Gasteiger partial charge in [0.1, 0.15) is 12.7 Å². The second-order valence-electron chi connectivity index (χ2n) is 15.0. The van der Waals surface area contributed by atoms with Gasteiger partial charge in [-0.2, -0.15) is 0 Å². The fourth-order valence-electron chi connectivity index (χ4n) is 5.56. The zero-order valence-electron chi connectivity index (χ0n) is 39.0. The maximum atomic E-state index is 12.1. The van der Waals surface area contributed by atoms with Gasteiger partial charge in [-0.05, 0) is 96.3 Å². The number of nitrogens with one attached hydrogen (secondary N) is 1. The van der Waals surface area contributed by atoms with Crippen LogP contribution in [0.2, 0.25) is 0 Å². The van der Waals surface area contributed by atoms with Gasteiger partial charge in [0.2, 0.25) is 5.91 Å². The highest BCUT2D eigenvalue weighted by Crippen LogP contribution is 2.42. The number of unbranched alkanes of at least 4 members (excludes halogenated alkanes) is 8. The highest BCUT2D eigenvalue weighted by Gasteiger charge is 2.23. The van der Waals surface area contributed by atoms with Crippen molar-refractivity contribution in [3.8, 4) is 0 Å². The van der Waals surface area contributed by atoms with Crippen molar-refractivity contribution in [3.05, 3.63) is 134 Å². The first-order valence-corrected chi connectivity index (χ1v) is 25.2. The molecule has 9 nitrogen and oxygen atoms in total. The Bertz CT molecular complexity index is 1480. The van der Waals surface area contributed by atoms with E-state index < -0.39 is 26.5 Å². The molecule has 2 atom stereocenters. The summed E-state index contributed by atoms with van der Waals surface area (Å²) < 4.78 is 26.9. The first kappa shape index (κ1) is 59.1. The summed E-state index contributed by atoms with van der Waals surface area (Å²) in [6.07, 6.45) is 66.9. The number of carbonyl (C=O) groups is 2. The molecule has 3 N–H and O–H groups in total. The number of amides is 1. The van der Waals surface area contributed by atoms with E-state index in [2.05, 4.69) is 135 Å². The molecule has 0 saturated carbocycles. The SMILES string of the molecule is CC/C=C\C/C=C\C/C=C\C/C=C\C/C=C\C/C=C\C/C=C\CC(=O)NCCOP(=O)(O)OCC(O)COC(=O)CCCCCCC/C=C\C/C=C\C/C=C\C/C=C\CCCCC. The Kier molecular flexibility index (Phi) is 44.7. The average molecular weight is 894 g/mol. The largest absolute Gasteiger partial charge is 0.472 e. The number of rotatable bonds is 42. The van der Waals surface area contributed by atoms with E-state index in [9.17, 15) is 24.2 Å². The van der Waals surface area contributed by atoms with E-state index in [4.69, 9.17) is 13.8 Å². The fraction of sp³-hybridized carbons (Fsp3) is 0.547. The number of aliphatic hydroxyl groups is 1. The maximum Gasteiger partial charge on any atom is 0.472 e. The van der Waals surface area contributed by atoms with Gasteiger partial charge in [-0.1, -0.05) is 180 Å². The zero-order valence-corrected chi connectivity index (χ0v) is 39.8. The lowest BCUT2D eigenvalue weighted by Gasteiger charge is -2.15. The number of esters is 1. The summed E-state index contributed by atoms with van der Waals surface area (Å²) in [5.74, 6) is -0.681. The van der Waals surface area contributed by atoms with Crippen molar-refractivity contribution in [2.75, 3.05) is 26.4 Å². The molecule has 0 aromatic heterocycles. The summed E-state index contributed by atoms with van der Waals surface area (Å²) in [6, 6.07) is 0. The van der Waals surface area contributed by atoms with Gasteiger partial charge >= 0.3 is 13.8 Å². The standard InChI is InChI=1S/C53H84NO8P/c1-3-5-7-9-11-13-15-17-19-21-23-25-27-29-31-33-35-37-39-41-43-45-52(56)54-47-48-61-63(58,59)62-50-51(55)49-60-53(57)46-44-42-40-38-36-34-32-30-28-26-24-22-20-18-16-14-12-10-8-6-4-2/h5,7,11-14,17-20,23-26,29-32,35,37,41,43,51,55H,3-4,6,8-10,15-16,21-22,27-28,33-34,36,38-40,42,44-50H2,1-2H3,(H,54,56)(H,58,59)/b7-5-,13-11-,14-12-,19-17-,20-18-,25-23-,26-24-,31-29-,32-30-,37-35-,43-41-. The minimum Gasteiger partial charge on any atom is -0.463 e. The second kappa shape index (κ2) is 47.6. The Hall–Kier alpha value is -3.85. The van der Waals surface area contributed by atoms with E-state index in [0.717, 1.165) is 89.9 Å². The molecule has 1 amide bonds. The van der Waals surface area contributed by atoms with Gasteiger partial charge in [0.25, 0.3) is 0 Å². The van der Waals surface area contributed by atoms with Crippen molar-refractivity contribution >= 4 is 19.7 Å². The molecule has 0 spiro atoms. The van der Waals surface area contributed by atoms with Gasteiger partial charge in [-0.25, -0.2) is 4.57 Å². The Morgan fingerprint density at radius 1 is 0.524 bits per heavy atom. The van der Waals surface area contributed by atoms with E-state index >= 15 is 0 Å². The summed E-state index contributed by atoms with van der Waals surface area (Å²) in [6.45, 7) is 3.24. The summed E-state index contributed by atoms with van der Waals surface area (Å²) in [5, 5.41) is 12.6. The molecule has 2 unspecified atom stereocenters. The molecule has 10 heteroatoms. The number of carbonyl (C=O) groups excluding carboxylic acids is 2. The molecule has 0 fully saturated rings. The lowest BCUT2D eigenvalue weighted by Crippen LogP contribution is -2.26. The van der Waals surface area contributed by atoms with Crippen LogP contribution < -0.4 is 5.32 Å². The van der Waals surface area contributed by atoms with Gasteiger partial charge in [0.15, 0.2) is 0 Å². The van der Waals surface area contributed by atoms with Crippen LogP contribution in [0, 0.1) is 0 Å². The van der Waals surface area contributed by atoms with Crippen molar-refractivity contribution in [2.24, 2.45) is 0 Å². The maximum absolute atomic E-state index is 12.1. The Morgan fingerprint density at radius 3 is 1.41 bits per heavy atom. The predicted molar refractivity (Wildman–Crippen MR) is 265 cm³/mol. The number of hydrogen-bond acceptors (Lipinski definition) is 7. The van der Waals surface area contributed by atoms with Gasteiger partial charge in [0.05, 0.1) is 13.2 Å². The minimum absolute atomic E-state index is 0.0132.